The molecule has 1 unspecified atom stereocenters. The maximum atomic E-state index is 6.21. The van der Waals surface area contributed by atoms with Gasteiger partial charge in [0.1, 0.15) is 11.5 Å². The molecule has 2 rings (SSSR count). The zero-order chi connectivity index (χ0) is 14.2. The van der Waals surface area contributed by atoms with Crippen molar-refractivity contribution in [1.82, 2.24) is 5.32 Å². The molecule has 20 heavy (non-hydrogen) atoms. The van der Waals surface area contributed by atoms with Crippen LogP contribution in [0.2, 0.25) is 0 Å². The number of allylic oxidation sites excluding steroid dienone is 1. The monoisotopic (exact) mass is 275 g/mol. The molecule has 1 saturated heterocycles. The van der Waals surface area contributed by atoms with E-state index in [0.717, 1.165) is 49.4 Å². The molecule has 1 atom stereocenters. The molecule has 0 aliphatic carbocycles. The second-order valence-electron chi connectivity index (χ2n) is 5.12. The van der Waals surface area contributed by atoms with Crippen LogP contribution in [0.25, 0.3) is 0 Å². The molecule has 3 heteroatoms. The van der Waals surface area contributed by atoms with Crippen LogP contribution in [-0.2, 0) is 6.42 Å². The predicted molar refractivity (Wildman–Crippen MR) is 82.6 cm³/mol. The topological polar surface area (TPSA) is 30.5 Å². The Morgan fingerprint density at radius 1 is 1.35 bits per heavy atom. The van der Waals surface area contributed by atoms with Crippen molar-refractivity contribution in [3.8, 4) is 11.5 Å². The molecule has 0 spiro atoms. The predicted octanol–water partition coefficient (Wildman–Crippen LogP) is 3.33. The van der Waals surface area contributed by atoms with Crippen molar-refractivity contribution < 1.29 is 9.47 Å². The molecule has 1 aliphatic heterocycles. The lowest BCUT2D eigenvalue weighted by atomic mass is 10.1. The van der Waals surface area contributed by atoms with E-state index in [1.807, 2.05) is 25.1 Å². The fourth-order valence-electron chi connectivity index (χ4n) is 2.53. The lowest BCUT2D eigenvalue weighted by molar-refractivity contribution is 0.185. The highest BCUT2D eigenvalue weighted by atomic mass is 16.5. The van der Waals surface area contributed by atoms with Gasteiger partial charge >= 0.3 is 0 Å². The van der Waals surface area contributed by atoms with Gasteiger partial charge in [0.15, 0.2) is 0 Å². The van der Waals surface area contributed by atoms with Crippen molar-refractivity contribution in [2.24, 2.45) is 0 Å². The van der Waals surface area contributed by atoms with Crippen molar-refractivity contribution in [2.45, 2.75) is 38.7 Å². The molecule has 0 radical (unpaired) electrons. The van der Waals surface area contributed by atoms with E-state index in [1.54, 1.807) is 0 Å². The van der Waals surface area contributed by atoms with Crippen molar-refractivity contribution in [1.29, 1.82) is 0 Å². The van der Waals surface area contributed by atoms with Gasteiger partial charge in [-0.15, -0.1) is 6.58 Å². The standard InChI is InChI=1S/C17H25NO2/c1-3-6-14-13-16(19-4-2)8-9-17(14)20-15-7-5-11-18-12-10-15/h3,8-9,13,15,18H,1,4-7,10-12H2,2H3. The smallest absolute Gasteiger partial charge is 0.123 e. The molecule has 1 N–H and O–H groups in total. The Bertz CT molecular complexity index is 423. The van der Waals surface area contributed by atoms with E-state index >= 15 is 0 Å². The van der Waals surface area contributed by atoms with E-state index in [9.17, 15) is 0 Å². The fraction of sp³-hybridized carbons (Fsp3) is 0.529. The first kappa shape index (κ1) is 14.9. The third-order valence-corrected chi connectivity index (χ3v) is 3.52. The average molecular weight is 275 g/mol. The molecular weight excluding hydrogens is 250 g/mol. The molecule has 1 heterocycles. The van der Waals surface area contributed by atoms with Gasteiger partial charge in [0.05, 0.1) is 12.7 Å². The van der Waals surface area contributed by atoms with Crippen molar-refractivity contribution in [2.75, 3.05) is 19.7 Å². The molecule has 0 amide bonds. The van der Waals surface area contributed by atoms with Gasteiger partial charge in [-0.05, 0) is 63.9 Å². The largest absolute Gasteiger partial charge is 0.494 e. The zero-order valence-corrected chi connectivity index (χ0v) is 12.4. The lowest BCUT2D eigenvalue weighted by Gasteiger charge is -2.19. The van der Waals surface area contributed by atoms with Gasteiger partial charge in [-0.1, -0.05) is 6.08 Å². The summed E-state index contributed by atoms with van der Waals surface area (Å²) < 4.78 is 11.8. The molecule has 1 fully saturated rings. The minimum absolute atomic E-state index is 0.312. The summed E-state index contributed by atoms with van der Waals surface area (Å²) in [6, 6.07) is 6.08. The van der Waals surface area contributed by atoms with E-state index in [-0.39, 0.29) is 0 Å². The van der Waals surface area contributed by atoms with Gasteiger partial charge in [0.25, 0.3) is 0 Å². The summed E-state index contributed by atoms with van der Waals surface area (Å²) in [5, 5.41) is 3.41. The highest BCUT2D eigenvalue weighted by Crippen LogP contribution is 2.27. The first-order chi connectivity index (χ1) is 9.83. The van der Waals surface area contributed by atoms with Gasteiger partial charge in [-0.25, -0.2) is 0 Å². The minimum Gasteiger partial charge on any atom is -0.494 e. The first-order valence-electron chi connectivity index (χ1n) is 7.57. The summed E-state index contributed by atoms with van der Waals surface area (Å²) >= 11 is 0. The molecule has 0 saturated carbocycles. The average Bonchev–Trinajstić information content (AvgIpc) is 2.71. The molecule has 0 bridgehead atoms. The third-order valence-electron chi connectivity index (χ3n) is 3.52. The van der Waals surface area contributed by atoms with E-state index < -0.39 is 0 Å². The lowest BCUT2D eigenvalue weighted by Crippen LogP contribution is -2.19. The summed E-state index contributed by atoms with van der Waals surface area (Å²) in [6.45, 7) is 8.65. The number of hydrogen-bond acceptors (Lipinski definition) is 3. The van der Waals surface area contributed by atoms with Crippen LogP contribution in [0.1, 0.15) is 31.7 Å². The third kappa shape index (κ3) is 4.27. The molecule has 0 aromatic heterocycles. The fourth-order valence-corrected chi connectivity index (χ4v) is 2.53. The Balaban J connectivity index is 2.10. The van der Waals surface area contributed by atoms with E-state index in [2.05, 4.69) is 18.0 Å². The van der Waals surface area contributed by atoms with Crippen LogP contribution in [0.5, 0.6) is 11.5 Å². The minimum atomic E-state index is 0.312. The van der Waals surface area contributed by atoms with E-state index in [4.69, 9.17) is 9.47 Å². The molecule has 1 aromatic carbocycles. The van der Waals surface area contributed by atoms with Gasteiger partial charge in [-0.2, -0.15) is 0 Å². The Kier molecular flexibility index (Phi) is 5.93. The SMILES string of the molecule is C=CCc1cc(OCC)ccc1OC1CCCNCC1. The second-order valence-corrected chi connectivity index (χ2v) is 5.12. The summed E-state index contributed by atoms with van der Waals surface area (Å²) in [5.74, 6) is 1.87. The number of rotatable bonds is 6. The van der Waals surface area contributed by atoms with Crippen molar-refractivity contribution in [3.05, 3.63) is 36.4 Å². The zero-order valence-electron chi connectivity index (χ0n) is 12.4. The molecule has 1 aliphatic rings. The van der Waals surface area contributed by atoms with Crippen LogP contribution in [0, 0.1) is 0 Å². The van der Waals surface area contributed by atoms with Crippen LogP contribution in [-0.4, -0.2) is 25.8 Å². The normalized spacial score (nSPS) is 19.1. The summed E-state index contributed by atoms with van der Waals surface area (Å²) in [6.07, 6.45) is 6.40. The van der Waals surface area contributed by atoms with Crippen LogP contribution < -0.4 is 14.8 Å². The summed E-state index contributed by atoms with van der Waals surface area (Å²) in [7, 11) is 0. The Morgan fingerprint density at radius 3 is 3.05 bits per heavy atom. The van der Waals surface area contributed by atoms with Crippen molar-refractivity contribution >= 4 is 0 Å². The molecule has 3 nitrogen and oxygen atoms in total. The van der Waals surface area contributed by atoms with Gasteiger partial charge in [-0.3, -0.25) is 0 Å². The van der Waals surface area contributed by atoms with Gasteiger partial charge in [0, 0.05) is 5.56 Å². The van der Waals surface area contributed by atoms with Crippen LogP contribution in [0.3, 0.4) is 0 Å². The van der Waals surface area contributed by atoms with Crippen LogP contribution >= 0.6 is 0 Å². The first-order valence-corrected chi connectivity index (χ1v) is 7.57. The Labute approximate surface area is 122 Å². The molecular formula is C17H25NO2. The quantitative estimate of drug-likeness (QED) is 0.808. The maximum Gasteiger partial charge on any atom is 0.123 e. The summed E-state index contributed by atoms with van der Waals surface area (Å²) in [5.41, 5.74) is 1.16. The molecule has 1 aromatic rings. The number of benzene rings is 1. The number of hydrogen-bond donors (Lipinski definition) is 1. The maximum absolute atomic E-state index is 6.21. The Hall–Kier alpha value is -1.48. The highest BCUT2D eigenvalue weighted by molar-refractivity contribution is 5.41. The van der Waals surface area contributed by atoms with E-state index in [0.29, 0.717) is 12.7 Å². The van der Waals surface area contributed by atoms with Crippen LogP contribution in [0.4, 0.5) is 0 Å². The summed E-state index contributed by atoms with van der Waals surface area (Å²) in [4.78, 5) is 0. The number of nitrogens with one attached hydrogen (secondary N) is 1. The van der Waals surface area contributed by atoms with Gasteiger partial charge < -0.3 is 14.8 Å². The highest BCUT2D eigenvalue weighted by Gasteiger charge is 2.15. The number of ether oxygens (including phenoxy) is 2. The van der Waals surface area contributed by atoms with E-state index in [1.165, 1.54) is 6.42 Å². The molecule has 110 valence electrons. The van der Waals surface area contributed by atoms with Gasteiger partial charge in [0.2, 0.25) is 0 Å². The Morgan fingerprint density at radius 2 is 2.25 bits per heavy atom. The van der Waals surface area contributed by atoms with Crippen molar-refractivity contribution in [3.63, 3.8) is 0 Å². The second kappa shape index (κ2) is 7.95. The van der Waals surface area contributed by atoms with Crippen LogP contribution in [0.15, 0.2) is 30.9 Å².